The highest BCUT2D eigenvalue weighted by Crippen LogP contribution is 2.24. The number of fused-ring (bicyclic) bond motifs is 1. The number of rotatable bonds is 2. The minimum Gasteiger partial charge on any atom is -0.390 e. The van der Waals surface area contributed by atoms with Gasteiger partial charge in [0.15, 0.2) is 0 Å². The van der Waals surface area contributed by atoms with Crippen LogP contribution in [0.5, 0.6) is 0 Å². The molecule has 2 aliphatic heterocycles. The predicted octanol–water partition coefficient (Wildman–Crippen LogP) is 0.636. The Morgan fingerprint density at radius 1 is 1.21 bits per heavy atom. The number of β-amino-alcohol motifs (C(OH)–C–C–N with tert-alkyl or cyclic N) is 1. The van der Waals surface area contributed by atoms with E-state index in [1.54, 1.807) is 4.90 Å². The summed E-state index contributed by atoms with van der Waals surface area (Å²) in [4.78, 5) is 14.8. The molecule has 4 nitrogen and oxygen atoms in total. The highest BCUT2D eigenvalue weighted by Gasteiger charge is 2.33. The third-order valence-electron chi connectivity index (χ3n) is 4.36. The highest BCUT2D eigenvalue weighted by molar-refractivity contribution is 5.47. The fraction of sp³-hybridized carbons (Fsp3) is 0.533. The van der Waals surface area contributed by atoms with Gasteiger partial charge >= 0.3 is 0 Å². The molecule has 1 aromatic rings. The largest absolute Gasteiger partial charge is 0.390 e. The number of carbonyl (C=O) groups is 1. The number of likely N-dealkylation sites (tertiary alicyclic amines) is 1. The van der Waals surface area contributed by atoms with Crippen molar-refractivity contribution in [3.8, 4) is 0 Å². The molecule has 4 heteroatoms. The summed E-state index contributed by atoms with van der Waals surface area (Å²) in [6.07, 6.45) is 2.33. The Kier molecular flexibility index (Phi) is 3.53. The molecule has 0 spiro atoms. The third-order valence-corrected chi connectivity index (χ3v) is 4.36. The van der Waals surface area contributed by atoms with Crippen LogP contribution in [0.1, 0.15) is 17.5 Å². The van der Waals surface area contributed by atoms with Crippen molar-refractivity contribution in [2.24, 2.45) is 0 Å². The Morgan fingerprint density at radius 3 is 2.74 bits per heavy atom. The van der Waals surface area contributed by atoms with Crippen molar-refractivity contribution in [1.29, 1.82) is 0 Å². The number of piperidine rings is 1. The van der Waals surface area contributed by atoms with Crippen molar-refractivity contribution >= 4 is 6.41 Å². The number of hydrogen-bond acceptors (Lipinski definition) is 3. The van der Waals surface area contributed by atoms with Crippen molar-refractivity contribution in [2.75, 3.05) is 19.6 Å². The molecular weight excluding hydrogens is 240 g/mol. The molecule has 0 saturated carbocycles. The number of amides is 1. The molecule has 102 valence electrons. The summed E-state index contributed by atoms with van der Waals surface area (Å²) in [5, 5.41) is 10.2. The monoisotopic (exact) mass is 260 g/mol. The van der Waals surface area contributed by atoms with Crippen LogP contribution in [0.15, 0.2) is 24.3 Å². The summed E-state index contributed by atoms with van der Waals surface area (Å²) in [5.41, 5.74) is 2.80. The van der Waals surface area contributed by atoms with Crippen LogP contribution < -0.4 is 0 Å². The lowest BCUT2D eigenvalue weighted by molar-refractivity contribution is -0.123. The fourth-order valence-electron chi connectivity index (χ4n) is 3.27. The van der Waals surface area contributed by atoms with E-state index >= 15 is 0 Å². The molecule has 2 aliphatic rings. The zero-order valence-electron chi connectivity index (χ0n) is 11.0. The molecule has 1 aromatic carbocycles. The van der Waals surface area contributed by atoms with Crippen molar-refractivity contribution in [3.63, 3.8) is 0 Å². The molecule has 2 unspecified atom stereocenters. The van der Waals surface area contributed by atoms with Crippen molar-refractivity contribution in [2.45, 2.75) is 31.5 Å². The van der Waals surface area contributed by atoms with E-state index in [0.717, 1.165) is 38.9 Å². The summed E-state index contributed by atoms with van der Waals surface area (Å²) in [6.45, 7) is 3.13. The number of nitrogens with zero attached hydrogens (tertiary/aromatic N) is 2. The van der Waals surface area contributed by atoms with Crippen LogP contribution in [0.25, 0.3) is 0 Å². The van der Waals surface area contributed by atoms with Crippen molar-refractivity contribution in [1.82, 2.24) is 9.80 Å². The summed E-state index contributed by atoms with van der Waals surface area (Å²) in [7, 11) is 0. The number of aliphatic hydroxyl groups excluding tert-OH is 1. The smallest absolute Gasteiger partial charge is 0.209 e. The first-order chi connectivity index (χ1) is 9.28. The van der Waals surface area contributed by atoms with E-state index in [2.05, 4.69) is 29.2 Å². The second kappa shape index (κ2) is 5.31. The maximum absolute atomic E-state index is 10.8. The molecular formula is C15H20N2O2. The van der Waals surface area contributed by atoms with Gasteiger partial charge < -0.3 is 10.0 Å². The van der Waals surface area contributed by atoms with Crippen LogP contribution in [-0.4, -0.2) is 53.1 Å². The number of hydrogen-bond donors (Lipinski definition) is 1. The lowest BCUT2D eigenvalue weighted by Gasteiger charge is -2.42. The van der Waals surface area contributed by atoms with Gasteiger partial charge in [-0.15, -0.1) is 0 Å². The minimum atomic E-state index is -0.427. The van der Waals surface area contributed by atoms with E-state index in [1.807, 2.05) is 0 Å². The van der Waals surface area contributed by atoms with Gasteiger partial charge in [-0.3, -0.25) is 9.69 Å². The van der Waals surface area contributed by atoms with E-state index in [0.29, 0.717) is 6.54 Å². The Balaban J connectivity index is 1.70. The maximum Gasteiger partial charge on any atom is 0.209 e. The lowest BCUT2D eigenvalue weighted by atomic mass is 9.94. The number of carbonyl (C=O) groups excluding carboxylic acids is 1. The predicted molar refractivity (Wildman–Crippen MR) is 72.6 cm³/mol. The second-order valence-electron chi connectivity index (χ2n) is 5.51. The van der Waals surface area contributed by atoms with Crippen LogP contribution in [0, 0.1) is 0 Å². The Hall–Kier alpha value is -1.39. The van der Waals surface area contributed by atoms with Gasteiger partial charge in [-0.05, 0) is 24.0 Å². The van der Waals surface area contributed by atoms with E-state index < -0.39 is 6.10 Å². The molecule has 1 saturated heterocycles. The Labute approximate surface area is 113 Å². The Bertz CT molecular complexity index is 463. The average Bonchev–Trinajstić information content (AvgIpc) is 2.46. The molecule has 0 bridgehead atoms. The van der Waals surface area contributed by atoms with Gasteiger partial charge in [-0.25, -0.2) is 0 Å². The molecule has 0 radical (unpaired) electrons. The molecule has 3 rings (SSSR count). The van der Waals surface area contributed by atoms with E-state index in [9.17, 15) is 9.90 Å². The standard InChI is InChI=1S/C15H20N2O2/c18-11-16-7-6-14(15(19)10-16)17-8-5-12-3-1-2-4-13(12)9-17/h1-4,11,14-15,19H,5-10H2. The molecule has 0 aromatic heterocycles. The summed E-state index contributed by atoms with van der Waals surface area (Å²) < 4.78 is 0. The summed E-state index contributed by atoms with van der Waals surface area (Å²) in [5.74, 6) is 0. The highest BCUT2D eigenvalue weighted by atomic mass is 16.3. The molecule has 1 N–H and O–H groups in total. The fourth-order valence-corrected chi connectivity index (χ4v) is 3.27. The van der Waals surface area contributed by atoms with E-state index in [4.69, 9.17) is 0 Å². The van der Waals surface area contributed by atoms with Crippen molar-refractivity contribution in [3.05, 3.63) is 35.4 Å². The second-order valence-corrected chi connectivity index (χ2v) is 5.51. The first kappa shape index (κ1) is 12.6. The van der Waals surface area contributed by atoms with Gasteiger partial charge in [0.1, 0.15) is 0 Å². The van der Waals surface area contributed by atoms with Crippen LogP contribution >= 0.6 is 0 Å². The minimum absolute atomic E-state index is 0.185. The summed E-state index contributed by atoms with van der Waals surface area (Å²) in [6, 6.07) is 8.72. The zero-order valence-corrected chi connectivity index (χ0v) is 11.0. The zero-order chi connectivity index (χ0) is 13.2. The van der Waals surface area contributed by atoms with Gasteiger partial charge in [-0.2, -0.15) is 0 Å². The lowest BCUT2D eigenvalue weighted by Crippen LogP contribution is -2.54. The molecule has 2 heterocycles. The number of benzene rings is 1. The molecule has 1 amide bonds. The van der Waals surface area contributed by atoms with E-state index in [1.165, 1.54) is 11.1 Å². The van der Waals surface area contributed by atoms with Crippen LogP contribution in [0.2, 0.25) is 0 Å². The molecule has 19 heavy (non-hydrogen) atoms. The average molecular weight is 260 g/mol. The Morgan fingerprint density at radius 2 is 2.00 bits per heavy atom. The summed E-state index contributed by atoms with van der Waals surface area (Å²) >= 11 is 0. The molecule has 1 fully saturated rings. The normalized spacial score (nSPS) is 27.9. The van der Waals surface area contributed by atoms with Crippen LogP contribution in [0.3, 0.4) is 0 Å². The quantitative estimate of drug-likeness (QED) is 0.794. The first-order valence-electron chi connectivity index (χ1n) is 6.96. The van der Waals surface area contributed by atoms with E-state index in [-0.39, 0.29) is 6.04 Å². The molecule has 2 atom stereocenters. The third kappa shape index (κ3) is 2.51. The molecule has 0 aliphatic carbocycles. The van der Waals surface area contributed by atoms with Crippen LogP contribution in [-0.2, 0) is 17.8 Å². The van der Waals surface area contributed by atoms with Gasteiger partial charge in [0.05, 0.1) is 6.10 Å². The van der Waals surface area contributed by atoms with Gasteiger partial charge in [0.2, 0.25) is 6.41 Å². The number of aliphatic hydroxyl groups is 1. The van der Waals surface area contributed by atoms with Crippen LogP contribution in [0.4, 0.5) is 0 Å². The SMILES string of the molecule is O=CN1CCC(N2CCc3ccccc3C2)C(O)C1. The maximum atomic E-state index is 10.8. The van der Waals surface area contributed by atoms with Gasteiger partial charge in [-0.1, -0.05) is 24.3 Å². The topological polar surface area (TPSA) is 43.8 Å². The van der Waals surface area contributed by atoms with Gasteiger partial charge in [0, 0.05) is 32.2 Å². The first-order valence-corrected chi connectivity index (χ1v) is 6.96. The van der Waals surface area contributed by atoms with Gasteiger partial charge in [0.25, 0.3) is 0 Å². The van der Waals surface area contributed by atoms with Crippen molar-refractivity contribution < 1.29 is 9.90 Å².